The molecule has 0 atom stereocenters. The number of aryl methyl sites for hydroxylation is 2. The molecule has 31 heavy (non-hydrogen) atoms. The van der Waals surface area contributed by atoms with Gasteiger partial charge in [0.2, 0.25) is 10.0 Å². The number of benzene rings is 1. The number of hydrogen-bond acceptors (Lipinski definition) is 5. The number of piperidine rings is 1. The largest absolute Gasteiger partial charge is 0.378 e. The third kappa shape index (κ3) is 3.97. The normalized spacial score (nSPS) is 22.8. The van der Waals surface area contributed by atoms with E-state index in [-0.39, 0.29) is 24.8 Å². The Hall–Kier alpha value is -2.01. The minimum Gasteiger partial charge on any atom is -0.378 e. The molecule has 166 valence electrons. The molecular weight excluding hydrogens is 414 g/mol. The molecule has 4 rings (SSSR count). The summed E-state index contributed by atoms with van der Waals surface area (Å²) in [5, 5.41) is -0.452. The van der Waals surface area contributed by atoms with Gasteiger partial charge < -0.3 is 4.74 Å². The molecule has 0 amide bonds. The monoisotopic (exact) mass is 443 g/mol. The Morgan fingerprint density at radius 3 is 2.03 bits per heavy atom. The lowest BCUT2D eigenvalue weighted by molar-refractivity contribution is -0.138. The van der Waals surface area contributed by atoms with Crippen LogP contribution in [0.5, 0.6) is 0 Å². The second kappa shape index (κ2) is 8.16. The van der Waals surface area contributed by atoms with Crippen LogP contribution in [-0.4, -0.2) is 55.8 Å². The van der Waals surface area contributed by atoms with Gasteiger partial charge in [0.05, 0.1) is 13.2 Å². The van der Waals surface area contributed by atoms with Gasteiger partial charge in [-0.1, -0.05) is 5.92 Å². The molecule has 2 aliphatic heterocycles. The number of hydrogen-bond donors (Lipinski definition) is 0. The van der Waals surface area contributed by atoms with Gasteiger partial charge in [-0.25, -0.2) is 12.7 Å². The van der Waals surface area contributed by atoms with Crippen molar-refractivity contribution in [2.75, 3.05) is 26.3 Å². The van der Waals surface area contributed by atoms with Crippen molar-refractivity contribution in [3.8, 4) is 11.8 Å². The highest BCUT2D eigenvalue weighted by atomic mass is 32.2. The maximum Gasteiger partial charge on any atom is 0.221 e. The van der Waals surface area contributed by atoms with Crippen molar-refractivity contribution >= 4 is 21.6 Å². The van der Waals surface area contributed by atoms with E-state index in [4.69, 9.17) is 4.74 Å². The molecule has 1 aromatic rings. The molecule has 7 heteroatoms. The predicted octanol–water partition coefficient (Wildman–Crippen LogP) is 2.50. The van der Waals surface area contributed by atoms with Gasteiger partial charge in [0.1, 0.15) is 22.7 Å². The fourth-order valence-electron chi connectivity index (χ4n) is 5.32. The van der Waals surface area contributed by atoms with E-state index in [2.05, 4.69) is 11.8 Å². The van der Waals surface area contributed by atoms with E-state index >= 15 is 0 Å². The Bertz CT molecular complexity index is 1040. The molecule has 3 fully saturated rings. The van der Waals surface area contributed by atoms with E-state index in [1.54, 1.807) is 6.92 Å². The molecule has 2 heterocycles. The Morgan fingerprint density at radius 2 is 1.58 bits per heavy atom. The van der Waals surface area contributed by atoms with E-state index in [1.165, 1.54) is 4.31 Å². The van der Waals surface area contributed by atoms with Gasteiger partial charge in [-0.15, -0.1) is 5.92 Å². The SMILES string of the molecule is CC#Cc1cc(C)c(C2C(=O)CC3(CCN(S(=O)(=O)C4COC4)CC3)CC2=O)c(C)c1. The zero-order valence-corrected chi connectivity index (χ0v) is 19.2. The summed E-state index contributed by atoms with van der Waals surface area (Å²) in [4.78, 5) is 26.5. The molecule has 2 saturated heterocycles. The van der Waals surface area contributed by atoms with Crippen LogP contribution in [0.3, 0.4) is 0 Å². The quantitative estimate of drug-likeness (QED) is 0.530. The number of carbonyl (C=O) groups is 2. The molecule has 1 aromatic carbocycles. The van der Waals surface area contributed by atoms with Crippen LogP contribution in [0.1, 0.15) is 60.8 Å². The highest BCUT2D eigenvalue weighted by Gasteiger charge is 2.49. The predicted molar refractivity (Wildman–Crippen MR) is 117 cm³/mol. The topological polar surface area (TPSA) is 80.8 Å². The van der Waals surface area contributed by atoms with Crippen molar-refractivity contribution in [3.05, 3.63) is 34.4 Å². The first-order valence-corrected chi connectivity index (χ1v) is 12.3. The number of rotatable bonds is 3. The van der Waals surface area contributed by atoms with Crippen LogP contribution in [0, 0.1) is 31.1 Å². The molecule has 1 saturated carbocycles. The minimum atomic E-state index is -3.35. The summed E-state index contributed by atoms with van der Waals surface area (Å²) >= 11 is 0. The van der Waals surface area contributed by atoms with Crippen LogP contribution in [0.4, 0.5) is 0 Å². The summed E-state index contributed by atoms with van der Waals surface area (Å²) < 4.78 is 31.9. The maximum absolute atomic E-state index is 13.2. The van der Waals surface area contributed by atoms with Gasteiger partial charge in [0, 0.05) is 31.5 Å². The second-order valence-corrected chi connectivity index (χ2v) is 11.4. The van der Waals surface area contributed by atoms with Crippen molar-refractivity contribution in [1.82, 2.24) is 4.31 Å². The smallest absolute Gasteiger partial charge is 0.221 e. The molecule has 3 aliphatic rings. The van der Waals surface area contributed by atoms with E-state index in [0.29, 0.717) is 38.8 Å². The second-order valence-electron chi connectivity index (χ2n) is 9.22. The average molecular weight is 444 g/mol. The van der Waals surface area contributed by atoms with Gasteiger partial charge in [-0.2, -0.15) is 0 Å². The molecule has 0 aromatic heterocycles. The zero-order valence-electron chi connectivity index (χ0n) is 18.4. The summed E-state index contributed by atoms with van der Waals surface area (Å²) in [5.41, 5.74) is 3.13. The van der Waals surface area contributed by atoms with E-state index in [9.17, 15) is 18.0 Å². The zero-order chi connectivity index (χ0) is 22.4. The molecule has 0 bridgehead atoms. The molecule has 0 N–H and O–H groups in total. The Morgan fingerprint density at radius 1 is 1.03 bits per heavy atom. The number of ether oxygens (including phenoxy) is 1. The van der Waals surface area contributed by atoms with Crippen LogP contribution in [0.15, 0.2) is 12.1 Å². The molecule has 1 aliphatic carbocycles. The standard InChI is InChI=1S/C24H29NO5S/c1-4-5-18-10-16(2)22(17(3)11-18)23-20(26)12-24(13-21(23)27)6-8-25(9-7-24)31(28,29)19-14-30-15-19/h10-11,19,23H,6-9,12-15H2,1-3H3. The summed E-state index contributed by atoms with van der Waals surface area (Å²) in [6.07, 6.45) is 1.76. The molecular formula is C24H29NO5S. The van der Waals surface area contributed by atoms with Crippen LogP contribution in [0.25, 0.3) is 0 Å². The highest BCUT2D eigenvalue weighted by Crippen LogP contribution is 2.47. The van der Waals surface area contributed by atoms with E-state index < -0.39 is 26.6 Å². The highest BCUT2D eigenvalue weighted by molar-refractivity contribution is 7.89. The Labute approximate surface area is 184 Å². The minimum absolute atomic E-state index is 0.0412. The fraction of sp³-hybridized carbons (Fsp3) is 0.583. The van der Waals surface area contributed by atoms with Crippen LogP contribution >= 0.6 is 0 Å². The molecule has 0 unspecified atom stereocenters. The summed E-state index contributed by atoms with van der Waals surface area (Å²) in [6, 6.07) is 3.88. The Balaban J connectivity index is 1.51. The van der Waals surface area contributed by atoms with Crippen molar-refractivity contribution in [2.24, 2.45) is 5.41 Å². The van der Waals surface area contributed by atoms with Gasteiger partial charge in [-0.3, -0.25) is 9.59 Å². The van der Waals surface area contributed by atoms with E-state index in [1.807, 2.05) is 26.0 Å². The molecule has 6 nitrogen and oxygen atoms in total. The third-order valence-corrected chi connectivity index (χ3v) is 9.27. The summed E-state index contributed by atoms with van der Waals surface area (Å²) in [5.74, 6) is 5.12. The van der Waals surface area contributed by atoms with Crippen molar-refractivity contribution in [2.45, 2.75) is 57.6 Å². The van der Waals surface area contributed by atoms with Gasteiger partial charge >= 0.3 is 0 Å². The average Bonchev–Trinajstić information content (AvgIpc) is 2.62. The lowest BCUT2D eigenvalue weighted by Crippen LogP contribution is -2.53. The van der Waals surface area contributed by atoms with Gasteiger partial charge in [0.15, 0.2) is 0 Å². The number of nitrogens with zero attached hydrogens (tertiary/aromatic N) is 1. The van der Waals surface area contributed by atoms with Crippen LogP contribution < -0.4 is 0 Å². The number of Topliss-reactive ketones (excluding diaryl/α,β-unsaturated/α-hetero) is 2. The number of carbonyl (C=O) groups excluding carboxylic acids is 2. The van der Waals surface area contributed by atoms with Crippen molar-refractivity contribution in [3.63, 3.8) is 0 Å². The number of ketones is 2. The Kier molecular flexibility index (Phi) is 5.84. The number of sulfonamides is 1. The van der Waals surface area contributed by atoms with Crippen LogP contribution in [-0.2, 0) is 24.3 Å². The lowest BCUT2D eigenvalue weighted by Gasteiger charge is -2.45. The lowest BCUT2D eigenvalue weighted by atomic mass is 9.63. The van der Waals surface area contributed by atoms with Gasteiger partial charge in [-0.05, 0) is 67.9 Å². The van der Waals surface area contributed by atoms with Crippen molar-refractivity contribution < 1.29 is 22.7 Å². The molecule has 1 spiro atoms. The third-order valence-electron chi connectivity index (χ3n) is 7.07. The summed E-state index contributed by atoms with van der Waals surface area (Å²) in [6.45, 7) is 6.89. The van der Waals surface area contributed by atoms with Crippen LogP contribution in [0.2, 0.25) is 0 Å². The van der Waals surface area contributed by atoms with E-state index in [0.717, 1.165) is 22.3 Å². The maximum atomic E-state index is 13.2. The first-order valence-electron chi connectivity index (χ1n) is 10.8. The fourth-order valence-corrected chi connectivity index (χ4v) is 6.97. The molecule has 0 radical (unpaired) electrons. The first-order chi connectivity index (χ1) is 14.7. The van der Waals surface area contributed by atoms with Crippen molar-refractivity contribution in [1.29, 1.82) is 0 Å². The first kappa shape index (κ1) is 22.2. The van der Waals surface area contributed by atoms with Gasteiger partial charge in [0.25, 0.3) is 0 Å². The summed E-state index contributed by atoms with van der Waals surface area (Å²) in [7, 11) is -3.35.